The molecule has 0 spiro atoms. The monoisotopic (exact) mass is 318 g/mol. The number of aryl methyl sites for hydroxylation is 1. The molecule has 0 amide bonds. The van der Waals surface area contributed by atoms with E-state index in [0.717, 1.165) is 51.4 Å². The molecule has 0 atom stereocenters. The standard InChI is InChI=1S/C19H30N2O2/c22-19-7-6-17(5-4-10-20-11-13-23-14-12-20)15-18(19)16-21-8-2-1-3-9-21/h6-7,15,22H,1-5,8-14,16H2. The summed E-state index contributed by atoms with van der Waals surface area (Å²) < 4.78 is 5.39. The number of benzene rings is 1. The molecule has 2 aliphatic heterocycles. The van der Waals surface area contributed by atoms with Gasteiger partial charge in [-0.2, -0.15) is 0 Å². The van der Waals surface area contributed by atoms with E-state index in [0.29, 0.717) is 5.75 Å². The van der Waals surface area contributed by atoms with Crippen LogP contribution in [0.2, 0.25) is 0 Å². The molecule has 1 aromatic carbocycles. The van der Waals surface area contributed by atoms with E-state index in [1.165, 1.54) is 44.3 Å². The molecule has 1 aromatic rings. The average Bonchev–Trinajstić information content (AvgIpc) is 2.60. The molecule has 128 valence electrons. The van der Waals surface area contributed by atoms with Crippen molar-refractivity contribution in [2.24, 2.45) is 0 Å². The number of hydrogen-bond acceptors (Lipinski definition) is 4. The van der Waals surface area contributed by atoms with Crippen molar-refractivity contribution in [3.63, 3.8) is 0 Å². The predicted molar refractivity (Wildman–Crippen MR) is 92.8 cm³/mol. The molecule has 2 saturated heterocycles. The topological polar surface area (TPSA) is 35.9 Å². The van der Waals surface area contributed by atoms with Gasteiger partial charge in [0.25, 0.3) is 0 Å². The molecular weight excluding hydrogens is 288 g/mol. The van der Waals surface area contributed by atoms with Crippen molar-refractivity contribution in [3.05, 3.63) is 29.3 Å². The van der Waals surface area contributed by atoms with Crippen LogP contribution in [-0.2, 0) is 17.7 Å². The zero-order valence-electron chi connectivity index (χ0n) is 14.2. The summed E-state index contributed by atoms with van der Waals surface area (Å²) >= 11 is 0. The Morgan fingerprint density at radius 2 is 1.74 bits per heavy atom. The molecule has 0 unspecified atom stereocenters. The Bertz CT molecular complexity index is 480. The zero-order valence-corrected chi connectivity index (χ0v) is 14.2. The fraction of sp³-hybridized carbons (Fsp3) is 0.684. The first-order valence-electron chi connectivity index (χ1n) is 9.14. The predicted octanol–water partition coefficient (Wildman–Crippen LogP) is 2.64. The number of phenols is 1. The highest BCUT2D eigenvalue weighted by Gasteiger charge is 2.13. The smallest absolute Gasteiger partial charge is 0.120 e. The van der Waals surface area contributed by atoms with Crippen LogP contribution in [0.5, 0.6) is 5.75 Å². The van der Waals surface area contributed by atoms with Gasteiger partial charge in [0.2, 0.25) is 0 Å². The molecule has 2 heterocycles. The quantitative estimate of drug-likeness (QED) is 0.875. The Morgan fingerprint density at radius 1 is 0.957 bits per heavy atom. The maximum absolute atomic E-state index is 10.1. The Kier molecular flexibility index (Phi) is 6.31. The van der Waals surface area contributed by atoms with E-state index in [2.05, 4.69) is 21.9 Å². The number of nitrogens with zero attached hydrogens (tertiary/aromatic N) is 2. The summed E-state index contributed by atoms with van der Waals surface area (Å²) in [5, 5.41) is 10.1. The van der Waals surface area contributed by atoms with Crippen molar-refractivity contribution in [2.45, 2.75) is 38.6 Å². The lowest BCUT2D eigenvalue weighted by atomic mass is 10.0. The number of phenolic OH excluding ortho intramolecular Hbond substituents is 1. The van der Waals surface area contributed by atoms with Gasteiger partial charge in [-0.25, -0.2) is 0 Å². The van der Waals surface area contributed by atoms with Gasteiger partial charge in [0.05, 0.1) is 13.2 Å². The summed E-state index contributed by atoms with van der Waals surface area (Å²) in [6.45, 7) is 8.25. The van der Waals surface area contributed by atoms with Gasteiger partial charge in [0.15, 0.2) is 0 Å². The first-order valence-corrected chi connectivity index (χ1v) is 9.14. The van der Waals surface area contributed by atoms with E-state index in [1.54, 1.807) is 0 Å². The maximum atomic E-state index is 10.1. The molecule has 0 saturated carbocycles. The molecule has 0 bridgehead atoms. The maximum Gasteiger partial charge on any atom is 0.120 e. The minimum absolute atomic E-state index is 0.451. The van der Waals surface area contributed by atoms with Crippen LogP contribution >= 0.6 is 0 Å². The molecule has 1 N–H and O–H groups in total. The van der Waals surface area contributed by atoms with Crippen LogP contribution in [0.15, 0.2) is 18.2 Å². The SMILES string of the molecule is Oc1ccc(CCCN2CCOCC2)cc1CN1CCCCC1. The van der Waals surface area contributed by atoms with E-state index in [9.17, 15) is 5.11 Å². The number of rotatable bonds is 6. The normalized spacial score (nSPS) is 20.7. The van der Waals surface area contributed by atoms with Crippen molar-refractivity contribution in [3.8, 4) is 5.75 Å². The summed E-state index contributed by atoms with van der Waals surface area (Å²) in [6.07, 6.45) is 6.20. The van der Waals surface area contributed by atoms with Gasteiger partial charge in [0.1, 0.15) is 5.75 Å². The molecule has 4 heteroatoms. The van der Waals surface area contributed by atoms with Gasteiger partial charge < -0.3 is 9.84 Å². The van der Waals surface area contributed by atoms with Crippen molar-refractivity contribution >= 4 is 0 Å². The third-order valence-electron chi connectivity index (χ3n) is 5.03. The number of morpholine rings is 1. The molecule has 23 heavy (non-hydrogen) atoms. The average molecular weight is 318 g/mol. The molecule has 0 aromatic heterocycles. The van der Waals surface area contributed by atoms with E-state index in [-0.39, 0.29) is 0 Å². The molecule has 4 nitrogen and oxygen atoms in total. The largest absolute Gasteiger partial charge is 0.508 e. The number of piperidine rings is 1. The second-order valence-corrected chi connectivity index (χ2v) is 6.86. The molecule has 3 rings (SSSR count). The van der Waals surface area contributed by atoms with Crippen LogP contribution in [0.1, 0.15) is 36.8 Å². The Balaban J connectivity index is 1.50. The van der Waals surface area contributed by atoms with Gasteiger partial charge in [-0.15, -0.1) is 0 Å². The molecule has 0 aliphatic carbocycles. The summed E-state index contributed by atoms with van der Waals surface area (Å²) in [7, 11) is 0. The van der Waals surface area contributed by atoms with Crippen LogP contribution in [0.25, 0.3) is 0 Å². The van der Waals surface area contributed by atoms with Gasteiger partial charge in [-0.05, 0) is 56.9 Å². The molecule has 2 aliphatic rings. The summed E-state index contributed by atoms with van der Waals surface area (Å²) in [6, 6.07) is 6.17. The minimum Gasteiger partial charge on any atom is -0.508 e. The van der Waals surface area contributed by atoms with Gasteiger partial charge >= 0.3 is 0 Å². The highest BCUT2D eigenvalue weighted by molar-refractivity contribution is 5.36. The Morgan fingerprint density at radius 3 is 2.52 bits per heavy atom. The van der Waals surface area contributed by atoms with Gasteiger partial charge in [-0.1, -0.05) is 18.6 Å². The third kappa shape index (κ3) is 5.20. The number of aromatic hydroxyl groups is 1. The highest BCUT2D eigenvalue weighted by atomic mass is 16.5. The summed E-state index contributed by atoms with van der Waals surface area (Å²) in [4.78, 5) is 4.95. The second-order valence-electron chi connectivity index (χ2n) is 6.86. The van der Waals surface area contributed by atoms with Crippen molar-refractivity contribution in [1.82, 2.24) is 9.80 Å². The van der Waals surface area contributed by atoms with E-state index >= 15 is 0 Å². The Hall–Kier alpha value is -1.10. The lowest BCUT2D eigenvalue weighted by Crippen LogP contribution is -2.36. The van der Waals surface area contributed by atoms with Crippen LogP contribution in [0.4, 0.5) is 0 Å². The lowest BCUT2D eigenvalue weighted by molar-refractivity contribution is 0.0374. The zero-order chi connectivity index (χ0) is 15.9. The molecular formula is C19H30N2O2. The summed E-state index contributed by atoms with van der Waals surface area (Å²) in [5.41, 5.74) is 2.44. The number of ether oxygens (including phenoxy) is 1. The van der Waals surface area contributed by atoms with Gasteiger partial charge in [-0.3, -0.25) is 9.80 Å². The second kappa shape index (κ2) is 8.67. The first kappa shape index (κ1) is 16.7. The molecule has 0 radical (unpaired) electrons. The Labute approximate surface area is 140 Å². The lowest BCUT2D eigenvalue weighted by Gasteiger charge is -2.27. The van der Waals surface area contributed by atoms with Crippen LogP contribution in [-0.4, -0.2) is 60.8 Å². The number of hydrogen-bond donors (Lipinski definition) is 1. The molecule has 2 fully saturated rings. The van der Waals surface area contributed by atoms with Gasteiger partial charge in [0, 0.05) is 25.2 Å². The summed E-state index contributed by atoms with van der Waals surface area (Å²) in [5.74, 6) is 0.451. The minimum atomic E-state index is 0.451. The fourth-order valence-electron chi connectivity index (χ4n) is 3.61. The van der Waals surface area contributed by atoms with Crippen LogP contribution in [0, 0.1) is 0 Å². The van der Waals surface area contributed by atoms with Crippen molar-refractivity contribution in [1.29, 1.82) is 0 Å². The van der Waals surface area contributed by atoms with E-state index in [4.69, 9.17) is 4.74 Å². The van der Waals surface area contributed by atoms with E-state index in [1.807, 2.05) is 6.07 Å². The fourth-order valence-corrected chi connectivity index (χ4v) is 3.61. The van der Waals surface area contributed by atoms with Crippen LogP contribution in [0.3, 0.4) is 0 Å². The van der Waals surface area contributed by atoms with Crippen molar-refractivity contribution in [2.75, 3.05) is 45.9 Å². The van der Waals surface area contributed by atoms with Crippen molar-refractivity contribution < 1.29 is 9.84 Å². The van der Waals surface area contributed by atoms with Crippen LogP contribution < -0.4 is 0 Å². The highest BCUT2D eigenvalue weighted by Crippen LogP contribution is 2.23. The third-order valence-corrected chi connectivity index (χ3v) is 5.03. The first-order chi connectivity index (χ1) is 11.3. The number of likely N-dealkylation sites (tertiary alicyclic amines) is 1. The van der Waals surface area contributed by atoms with E-state index < -0.39 is 0 Å².